The van der Waals surface area contributed by atoms with Gasteiger partial charge < -0.3 is 10.2 Å². The molecule has 1 amide bonds. The van der Waals surface area contributed by atoms with Crippen molar-refractivity contribution < 1.29 is 13.2 Å². The lowest BCUT2D eigenvalue weighted by atomic mass is 10.1. The monoisotopic (exact) mass is 373 g/mol. The topological polar surface area (TPSA) is 92.5 Å². The Labute approximate surface area is 154 Å². The number of hydrogen-bond donors (Lipinski definition) is 2. The van der Waals surface area contributed by atoms with Gasteiger partial charge in [0.05, 0.1) is 17.5 Å². The number of carbonyl (C=O) groups is 1. The van der Waals surface area contributed by atoms with E-state index >= 15 is 0 Å². The summed E-state index contributed by atoms with van der Waals surface area (Å²) >= 11 is 0. The molecule has 1 heterocycles. The highest BCUT2D eigenvalue weighted by atomic mass is 32.2. The van der Waals surface area contributed by atoms with E-state index in [0.29, 0.717) is 0 Å². The van der Waals surface area contributed by atoms with Gasteiger partial charge in [-0.15, -0.1) is 0 Å². The number of nitrogens with one attached hydrogen (secondary N) is 1. The van der Waals surface area contributed by atoms with Crippen LogP contribution in [0.15, 0.2) is 53.4 Å². The van der Waals surface area contributed by atoms with Crippen LogP contribution in [0.25, 0.3) is 0 Å². The molecule has 7 heteroatoms. The number of sulfonamides is 1. The molecule has 0 bridgehead atoms. The summed E-state index contributed by atoms with van der Waals surface area (Å²) in [6, 6.07) is 14.4. The summed E-state index contributed by atoms with van der Waals surface area (Å²) in [7, 11) is -3.71. The van der Waals surface area contributed by atoms with Crippen molar-refractivity contribution >= 4 is 21.6 Å². The minimum Gasteiger partial charge on any atom is -0.359 e. The van der Waals surface area contributed by atoms with Gasteiger partial charge in [-0.05, 0) is 49.6 Å². The third-order valence-corrected chi connectivity index (χ3v) is 5.68. The molecule has 138 valence electrons. The van der Waals surface area contributed by atoms with Crippen molar-refractivity contribution in [3.63, 3.8) is 0 Å². The third-order valence-electron chi connectivity index (χ3n) is 4.75. The van der Waals surface area contributed by atoms with Gasteiger partial charge in [0.25, 0.3) is 0 Å². The van der Waals surface area contributed by atoms with Crippen molar-refractivity contribution in [2.75, 3.05) is 11.4 Å². The molecule has 1 aliphatic heterocycles. The zero-order chi connectivity index (χ0) is 18.9. The molecular formula is C19H23N3O3S. The molecule has 0 saturated carbocycles. The minimum absolute atomic E-state index is 0.0577. The Morgan fingerprint density at radius 3 is 2.54 bits per heavy atom. The van der Waals surface area contributed by atoms with E-state index in [1.165, 1.54) is 17.7 Å². The molecule has 0 aromatic heterocycles. The van der Waals surface area contributed by atoms with Gasteiger partial charge in [0.1, 0.15) is 0 Å². The number of nitrogens with two attached hydrogens (primary N) is 1. The molecule has 2 atom stereocenters. The average Bonchev–Trinajstić information content (AvgIpc) is 2.90. The van der Waals surface area contributed by atoms with Crippen LogP contribution < -0.4 is 15.4 Å². The van der Waals surface area contributed by atoms with Crippen molar-refractivity contribution in [3.8, 4) is 0 Å². The summed E-state index contributed by atoms with van der Waals surface area (Å²) in [5.41, 5.74) is 3.19. The highest BCUT2D eigenvalue weighted by molar-refractivity contribution is 7.89. The van der Waals surface area contributed by atoms with E-state index in [0.717, 1.165) is 17.7 Å². The molecule has 3 rings (SSSR count). The lowest BCUT2D eigenvalue weighted by Crippen LogP contribution is -2.40. The largest absolute Gasteiger partial charge is 0.359 e. The first-order valence-electron chi connectivity index (χ1n) is 8.52. The zero-order valence-electron chi connectivity index (χ0n) is 14.8. The highest BCUT2D eigenvalue weighted by Gasteiger charge is 2.27. The number of primary sulfonamides is 1. The van der Waals surface area contributed by atoms with Gasteiger partial charge in [-0.2, -0.15) is 0 Å². The number of nitrogens with zero attached hydrogens (tertiary/aromatic N) is 1. The van der Waals surface area contributed by atoms with Crippen molar-refractivity contribution in [2.45, 2.75) is 37.2 Å². The van der Waals surface area contributed by atoms with Crippen molar-refractivity contribution in [1.82, 2.24) is 5.32 Å². The van der Waals surface area contributed by atoms with E-state index in [1.54, 1.807) is 12.1 Å². The van der Waals surface area contributed by atoms with Gasteiger partial charge in [-0.3, -0.25) is 4.79 Å². The third kappa shape index (κ3) is 3.89. The maximum absolute atomic E-state index is 12.5. The fraction of sp³-hybridized carbons (Fsp3) is 0.316. The lowest BCUT2D eigenvalue weighted by molar-refractivity contribution is -0.120. The molecule has 0 spiro atoms. The maximum Gasteiger partial charge on any atom is 0.240 e. The van der Waals surface area contributed by atoms with Gasteiger partial charge in [-0.25, -0.2) is 13.6 Å². The number of benzene rings is 2. The first kappa shape index (κ1) is 18.4. The number of anilines is 1. The Morgan fingerprint density at radius 2 is 1.88 bits per heavy atom. The van der Waals surface area contributed by atoms with Crippen LogP contribution in [0.4, 0.5) is 5.69 Å². The van der Waals surface area contributed by atoms with Gasteiger partial charge in [0.2, 0.25) is 15.9 Å². The van der Waals surface area contributed by atoms with Crippen molar-refractivity contribution in [1.29, 1.82) is 0 Å². The molecule has 3 N–H and O–H groups in total. The summed E-state index contributed by atoms with van der Waals surface area (Å²) in [6.07, 6.45) is 0.939. The molecule has 0 radical (unpaired) electrons. The molecule has 0 saturated heterocycles. The Morgan fingerprint density at radius 1 is 1.23 bits per heavy atom. The molecule has 0 unspecified atom stereocenters. The van der Waals surface area contributed by atoms with Crippen molar-refractivity contribution in [2.24, 2.45) is 5.14 Å². The number of carbonyl (C=O) groups excluding carboxylic acids is 1. The van der Waals surface area contributed by atoms with Crippen LogP contribution in [0.3, 0.4) is 0 Å². The van der Waals surface area contributed by atoms with Crippen LogP contribution in [0.5, 0.6) is 0 Å². The minimum atomic E-state index is -3.71. The number of hydrogen-bond acceptors (Lipinski definition) is 4. The average molecular weight is 373 g/mol. The fourth-order valence-electron chi connectivity index (χ4n) is 3.34. The highest BCUT2D eigenvalue weighted by Crippen LogP contribution is 2.31. The Bertz CT molecular complexity index is 910. The predicted molar refractivity (Wildman–Crippen MR) is 101 cm³/mol. The van der Waals surface area contributed by atoms with E-state index < -0.39 is 10.0 Å². The normalized spacial score (nSPS) is 17.7. The number of rotatable bonds is 5. The fourth-order valence-corrected chi connectivity index (χ4v) is 3.86. The van der Waals surface area contributed by atoms with Crippen LogP contribution in [-0.2, 0) is 21.2 Å². The van der Waals surface area contributed by atoms with Crippen LogP contribution in [-0.4, -0.2) is 26.9 Å². The first-order valence-corrected chi connectivity index (χ1v) is 10.1. The van der Waals surface area contributed by atoms with Crippen LogP contribution in [0, 0.1) is 0 Å². The van der Waals surface area contributed by atoms with E-state index in [9.17, 15) is 13.2 Å². The Kier molecular flexibility index (Phi) is 5.02. The number of fused-ring (bicyclic) bond motifs is 1. The van der Waals surface area contributed by atoms with Crippen LogP contribution >= 0.6 is 0 Å². The SMILES string of the molecule is C[C@H](NC(=O)CN1c2ccccc2C[C@@H]1C)c1ccc(S(N)(=O)=O)cc1. The standard InChI is InChI=1S/C19H23N3O3S/c1-13-11-16-5-3-4-6-18(16)22(13)12-19(23)21-14(2)15-7-9-17(10-8-15)26(20,24)25/h3-10,13-14H,11-12H2,1-2H3,(H,21,23)(H2,20,24,25)/t13-,14-/m0/s1. The summed E-state index contributed by atoms with van der Waals surface area (Å²) in [6.45, 7) is 4.27. The molecule has 1 aliphatic rings. The Hall–Kier alpha value is -2.38. The van der Waals surface area contributed by atoms with E-state index in [2.05, 4.69) is 23.2 Å². The maximum atomic E-state index is 12.5. The smallest absolute Gasteiger partial charge is 0.240 e. The molecule has 2 aromatic carbocycles. The lowest BCUT2D eigenvalue weighted by Gasteiger charge is -2.25. The zero-order valence-corrected chi connectivity index (χ0v) is 15.7. The quantitative estimate of drug-likeness (QED) is 0.838. The van der Waals surface area contributed by atoms with Gasteiger partial charge >= 0.3 is 0 Å². The summed E-state index contributed by atoms with van der Waals surface area (Å²) < 4.78 is 22.6. The molecular weight excluding hydrogens is 350 g/mol. The number of amides is 1. The number of para-hydroxylation sites is 1. The van der Waals surface area contributed by atoms with Crippen LogP contribution in [0.1, 0.15) is 31.0 Å². The van der Waals surface area contributed by atoms with Gasteiger partial charge in [0.15, 0.2) is 0 Å². The molecule has 6 nitrogen and oxygen atoms in total. The summed E-state index contributed by atoms with van der Waals surface area (Å²) in [5.74, 6) is -0.0726. The second-order valence-corrected chi connectivity index (χ2v) is 8.27. The second-order valence-electron chi connectivity index (χ2n) is 6.71. The van der Waals surface area contributed by atoms with E-state index in [-0.39, 0.29) is 29.4 Å². The second kappa shape index (κ2) is 7.09. The first-order chi connectivity index (χ1) is 12.3. The summed E-state index contributed by atoms with van der Waals surface area (Å²) in [5, 5.41) is 8.08. The molecule has 26 heavy (non-hydrogen) atoms. The summed E-state index contributed by atoms with van der Waals surface area (Å²) in [4.78, 5) is 14.7. The molecule has 2 aromatic rings. The molecule has 0 fully saturated rings. The Balaban J connectivity index is 1.65. The van der Waals surface area contributed by atoms with Gasteiger partial charge in [0, 0.05) is 11.7 Å². The van der Waals surface area contributed by atoms with Crippen molar-refractivity contribution in [3.05, 3.63) is 59.7 Å². The molecule has 0 aliphatic carbocycles. The predicted octanol–water partition coefficient (Wildman–Crippen LogP) is 1.96. The van der Waals surface area contributed by atoms with E-state index in [1.807, 2.05) is 25.1 Å². The van der Waals surface area contributed by atoms with E-state index in [4.69, 9.17) is 5.14 Å². The van der Waals surface area contributed by atoms with Crippen LogP contribution in [0.2, 0.25) is 0 Å². The van der Waals surface area contributed by atoms with Gasteiger partial charge in [-0.1, -0.05) is 30.3 Å².